The zero-order valence-corrected chi connectivity index (χ0v) is 13.0. The van der Waals surface area contributed by atoms with Crippen LogP contribution in [0.4, 0.5) is 10.1 Å². The van der Waals surface area contributed by atoms with Gasteiger partial charge in [0, 0.05) is 20.6 Å². The van der Waals surface area contributed by atoms with Gasteiger partial charge in [0.25, 0.3) is 12.2 Å². The van der Waals surface area contributed by atoms with Crippen molar-refractivity contribution in [3.8, 4) is 0 Å². The number of carbonyl (C=O) groups is 1. The van der Waals surface area contributed by atoms with Crippen molar-refractivity contribution < 1.29 is 9.18 Å². The number of benzene rings is 2. The third-order valence-corrected chi connectivity index (χ3v) is 3.83. The van der Waals surface area contributed by atoms with Gasteiger partial charge in [0.05, 0.1) is 11.4 Å². The average molecular weight is 368 g/mol. The summed E-state index contributed by atoms with van der Waals surface area (Å²) in [5.74, 6) is -0.786. The molecule has 3 rings (SSSR count). The lowest BCUT2D eigenvalue weighted by atomic mass is 10.0. The predicted octanol–water partition coefficient (Wildman–Crippen LogP) is 4.19. The number of carbonyl (C=O) groups excluding carboxylic acids is 1. The van der Waals surface area contributed by atoms with Crippen molar-refractivity contribution >= 4 is 44.8 Å². The number of nitrogens with zero attached hydrogens (tertiary/aromatic N) is 1. The number of fused-ring (bicyclic) bond motifs is 1. The summed E-state index contributed by atoms with van der Waals surface area (Å²) in [6.07, 6.45) is -1.95. The molecule has 0 fully saturated rings. The summed E-state index contributed by atoms with van der Waals surface area (Å²) >= 11 is 9.36. The number of nitrogens with one attached hydrogen (secondary N) is 1. The van der Waals surface area contributed by atoms with Crippen LogP contribution >= 0.6 is 27.5 Å². The highest BCUT2D eigenvalue weighted by molar-refractivity contribution is 9.10. The summed E-state index contributed by atoms with van der Waals surface area (Å²) in [5, 5.41) is 3.00. The molecule has 0 radical (unpaired) electrons. The summed E-state index contributed by atoms with van der Waals surface area (Å²) in [4.78, 5) is 15.6. The van der Waals surface area contributed by atoms with Crippen molar-refractivity contribution in [1.29, 1.82) is 0 Å². The quantitative estimate of drug-likeness (QED) is 0.755. The number of alkyl halides is 1. The largest absolute Gasteiger partial charge is 0.321 e. The van der Waals surface area contributed by atoms with E-state index in [2.05, 4.69) is 26.2 Å². The molecule has 1 unspecified atom stereocenters. The molecule has 2 aromatic rings. The van der Waals surface area contributed by atoms with Crippen LogP contribution in [-0.4, -0.2) is 17.9 Å². The van der Waals surface area contributed by atoms with Crippen molar-refractivity contribution in [3.63, 3.8) is 0 Å². The molecule has 1 N–H and O–H groups in total. The number of benzodiazepines with no additional fused rings is 1. The Morgan fingerprint density at radius 2 is 1.90 bits per heavy atom. The first-order valence-electron chi connectivity index (χ1n) is 6.13. The van der Waals surface area contributed by atoms with Gasteiger partial charge in [-0.05, 0) is 30.3 Å². The van der Waals surface area contributed by atoms with E-state index in [9.17, 15) is 9.18 Å². The normalized spacial score (nSPS) is 17.6. The summed E-state index contributed by atoms with van der Waals surface area (Å²) in [6.45, 7) is 0. The molecule has 1 aliphatic rings. The molecule has 1 heterocycles. The minimum Gasteiger partial charge on any atom is -0.321 e. The number of hydrogen-bond donors (Lipinski definition) is 1. The summed E-state index contributed by atoms with van der Waals surface area (Å²) < 4.78 is 14.8. The zero-order valence-electron chi connectivity index (χ0n) is 10.6. The van der Waals surface area contributed by atoms with Crippen molar-refractivity contribution in [3.05, 3.63) is 63.1 Å². The lowest BCUT2D eigenvalue weighted by Gasteiger charge is -2.10. The highest BCUT2D eigenvalue weighted by atomic mass is 79.9. The Labute approximate surface area is 134 Å². The van der Waals surface area contributed by atoms with Gasteiger partial charge in [-0.1, -0.05) is 39.7 Å². The topological polar surface area (TPSA) is 41.5 Å². The number of anilines is 1. The Bertz CT molecular complexity index is 746. The Hall–Kier alpha value is -1.72. The SMILES string of the molecule is O=C1Nc2ccc(Cl)cc2C(c2ccc(Br)cc2)=NC1F. The number of amides is 1. The van der Waals surface area contributed by atoms with E-state index in [4.69, 9.17) is 11.6 Å². The molecule has 2 aromatic carbocycles. The Balaban J connectivity index is 2.21. The van der Waals surface area contributed by atoms with Crippen LogP contribution in [0.15, 0.2) is 51.9 Å². The molecule has 106 valence electrons. The molecule has 6 heteroatoms. The first-order valence-corrected chi connectivity index (χ1v) is 7.30. The maximum Gasteiger partial charge on any atom is 0.281 e. The molecule has 0 bridgehead atoms. The van der Waals surface area contributed by atoms with E-state index in [1.807, 2.05) is 12.1 Å². The van der Waals surface area contributed by atoms with E-state index < -0.39 is 12.2 Å². The van der Waals surface area contributed by atoms with Crippen LogP contribution in [0.1, 0.15) is 11.1 Å². The zero-order chi connectivity index (χ0) is 15.0. The molecule has 0 aromatic heterocycles. The van der Waals surface area contributed by atoms with Crippen molar-refractivity contribution in [2.45, 2.75) is 6.30 Å². The van der Waals surface area contributed by atoms with Gasteiger partial charge in [-0.2, -0.15) is 0 Å². The molecule has 0 saturated carbocycles. The van der Waals surface area contributed by atoms with Gasteiger partial charge in [0.15, 0.2) is 0 Å². The predicted molar refractivity (Wildman–Crippen MR) is 84.8 cm³/mol. The highest BCUT2D eigenvalue weighted by Crippen LogP contribution is 2.27. The first-order chi connectivity index (χ1) is 10.0. The van der Waals surface area contributed by atoms with Crippen LogP contribution in [0.5, 0.6) is 0 Å². The molecule has 1 atom stereocenters. The fourth-order valence-electron chi connectivity index (χ4n) is 2.09. The van der Waals surface area contributed by atoms with Crippen molar-refractivity contribution in [2.75, 3.05) is 5.32 Å². The summed E-state index contributed by atoms with van der Waals surface area (Å²) in [7, 11) is 0. The van der Waals surface area contributed by atoms with Crippen LogP contribution in [0.2, 0.25) is 5.02 Å². The Morgan fingerprint density at radius 3 is 2.62 bits per heavy atom. The van der Waals surface area contributed by atoms with Crippen LogP contribution in [0.25, 0.3) is 0 Å². The second-order valence-electron chi connectivity index (χ2n) is 4.50. The van der Waals surface area contributed by atoms with E-state index in [0.717, 1.165) is 4.47 Å². The van der Waals surface area contributed by atoms with Crippen LogP contribution in [0.3, 0.4) is 0 Å². The maximum absolute atomic E-state index is 13.9. The highest BCUT2D eigenvalue weighted by Gasteiger charge is 2.25. The molecule has 0 aliphatic carbocycles. The molecular formula is C15H9BrClFN2O. The second-order valence-corrected chi connectivity index (χ2v) is 5.85. The molecule has 1 aliphatic heterocycles. The molecular weight excluding hydrogens is 359 g/mol. The van der Waals surface area contributed by atoms with Gasteiger partial charge in [-0.15, -0.1) is 0 Å². The number of aliphatic imine (C=N–C) groups is 1. The molecule has 3 nitrogen and oxygen atoms in total. The van der Waals surface area contributed by atoms with E-state index in [1.165, 1.54) is 0 Å². The average Bonchev–Trinajstić information content (AvgIpc) is 2.58. The monoisotopic (exact) mass is 366 g/mol. The van der Waals surface area contributed by atoms with Gasteiger partial charge in [-0.25, -0.2) is 9.38 Å². The van der Waals surface area contributed by atoms with Gasteiger partial charge >= 0.3 is 0 Å². The van der Waals surface area contributed by atoms with Gasteiger partial charge in [-0.3, -0.25) is 4.79 Å². The van der Waals surface area contributed by atoms with E-state index in [0.29, 0.717) is 27.5 Å². The molecule has 21 heavy (non-hydrogen) atoms. The summed E-state index contributed by atoms with van der Waals surface area (Å²) in [6, 6.07) is 12.2. The van der Waals surface area contributed by atoms with Crippen molar-refractivity contribution in [1.82, 2.24) is 0 Å². The Morgan fingerprint density at radius 1 is 1.19 bits per heavy atom. The smallest absolute Gasteiger partial charge is 0.281 e. The molecule has 0 spiro atoms. The minimum atomic E-state index is -1.95. The van der Waals surface area contributed by atoms with Gasteiger partial charge in [0.1, 0.15) is 0 Å². The number of rotatable bonds is 1. The molecule has 0 saturated heterocycles. The molecule has 1 amide bonds. The maximum atomic E-state index is 13.9. The fourth-order valence-corrected chi connectivity index (χ4v) is 2.53. The van der Waals surface area contributed by atoms with Crippen LogP contribution in [-0.2, 0) is 4.79 Å². The number of hydrogen-bond acceptors (Lipinski definition) is 2. The van der Waals surface area contributed by atoms with Crippen LogP contribution in [0, 0.1) is 0 Å². The van der Waals surface area contributed by atoms with E-state index in [1.54, 1.807) is 30.3 Å². The van der Waals surface area contributed by atoms with Crippen LogP contribution < -0.4 is 5.32 Å². The standard InChI is InChI=1S/C15H9BrClFN2O/c16-9-3-1-8(2-4-9)13-11-7-10(17)5-6-12(11)19-15(21)14(18)20-13/h1-7,14H,(H,19,21). The summed E-state index contributed by atoms with van der Waals surface area (Å²) in [5.41, 5.74) is 2.19. The van der Waals surface area contributed by atoms with Gasteiger partial charge in [0.2, 0.25) is 0 Å². The van der Waals surface area contributed by atoms with Crippen molar-refractivity contribution in [2.24, 2.45) is 4.99 Å². The van der Waals surface area contributed by atoms with E-state index >= 15 is 0 Å². The first kappa shape index (κ1) is 14.2. The second kappa shape index (κ2) is 5.58. The lowest BCUT2D eigenvalue weighted by molar-refractivity contribution is -0.120. The Kier molecular flexibility index (Phi) is 3.78. The fraction of sp³-hybridized carbons (Fsp3) is 0.0667. The lowest BCUT2D eigenvalue weighted by Crippen LogP contribution is -2.21. The third-order valence-electron chi connectivity index (χ3n) is 3.07. The number of halogens is 3. The minimum absolute atomic E-state index is 0.394. The van der Waals surface area contributed by atoms with Gasteiger partial charge < -0.3 is 5.32 Å². The third kappa shape index (κ3) is 2.84. The van der Waals surface area contributed by atoms with E-state index in [-0.39, 0.29) is 0 Å².